The summed E-state index contributed by atoms with van der Waals surface area (Å²) in [6.07, 6.45) is 1.47. The SMILES string of the molecule is CC#CCCNC(=O)c1ccc(CC)o1. The molecule has 0 fully saturated rings. The third-order valence-electron chi connectivity index (χ3n) is 1.95. The molecule has 15 heavy (non-hydrogen) atoms. The molecule has 0 atom stereocenters. The van der Waals surface area contributed by atoms with Crippen LogP contribution in [0.2, 0.25) is 0 Å². The van der Waals surface area contributed by atoms with Gasteiger partial charge in [-0.3, -0.25) is 4.79 Å². The molecule has 1 amide bonds. The van der Waals surface area contributed by atoms with E-state index in [0.717, 1.165) is 12.2 Å². The minimum atomic E-state index is -0.174. The first kappa shape index (κ1) is 11.4. The van der Waals surface area contributed by atoms with Gasteiger partial charge >= 0.3 is 0 Å². The summed E-state index contributed by atoms with van der Waals surface area (Å²) in [5.74, 6) is 6.67. The normalized spacial score (nSPS) is 9.20. The van der Waals surface area contributed by atoms with Crippen molar-refractivity contribution in [2.45, 2.75) is 26.7 Å². The number of aryl methyl sites for hydroxylation is 1. The zero-order chi connectivity index (χ0) is 11.1. The number of furan rings is 1. The highest BCUT2D eigenvalue weighted by Gasteiger charge is 2.08. The molecule has 3 nitrogen and oxygen atoms in total. The van der Waals surface area contributed by atoms with Crippen LogP contribution in [0.3, 0.4) is 0 Å². The second-order valence-electron chi connectivity index (χ2n) is 3.05. The minimum Gasteiger partial charge on any atom is -0.456 e. The molecule has 0 unspecified atom stereocenters. The number of carbonyl (C=O) groups excluding carboxylic acids is 1. The summed E-state index contributed by atoms with van der Waals surface area (Å²) < 4.78 is 5.30. The van der Waals surface area contributed by atoms with Crippen LogP contribution in [0.5, 0.6) is 0 Å². The van der Waals surface area contributed by atoms with Gasteiger partial charge in [0.15, 0.2) is 5.76 Å². The summed E-state index contributed by atoms with van der Waals surface area (Å²) in [6.45, 7) is 4.32. The summed E-state index contributed by atoms with van der Waals surface area (Å²) in [7, 11) is 0. The average molecular weight is 205 g/mol. The highest BCUT2D eigenvalue weighted by molar-refractivity contribution is 5.91. The number of hydrogen-bond acceptors (Lipinski definition) is 2. The second kappa shape index (κ2) is 5.92. The van der Waals surface area contributed by atoms with Crippen molar-refractivity contribution in [3.8, 4) is 11.8 Å². The molecular weight excluding hydrogens is 190 g/mol. The molecule has 0 saturated carbocycles. The van der Waals surface area contributed by atoms with Gasteiger partial charge < -0.3 is 9.73 Å². The van der Waals surface area contributed by atoms with E-state index in [1.165, 1.54) is 0 Å². The second-order valence-corrected chi connectivity index (χ2v) is 3.05. The van der Waals surface area contributed by atoms with Crippen molar-refractivity contribution in [1.29, 1.82) is 0 Å². The molecule has 3 heteroatoms. The van der Waals surface area contributed by atoms with Crippen LogP contribution in [-0.4, -0.2) is 12.5 Å². The Morgan fingerprint density at radius 1 is 1.53 bits per heavy atom. The molecule has 0 bridgehead atoms. The first-order valence-electron chi connectivity index (χ1n) is 5.04. The lowest BCUT2D eigenvalue weighted by atomic mass is 10.3. The van der Waals surface area contributed by atoms with Gasteiger partial charge in [-0.15, -0.1) is 11.8 Å². The zero-order valence-corrected chi connectivity index (χ0v) is 9.09. The fraction of sp³-hybridized carbons (Fsp3) is 0.417. The largest absolute Gasteiger partial charge is 0.456 e. The Hall–Kier alpha value is -1.69. The van der Waals surface area contributed by atoms with Crippen LogP contribution in [0.25, 0.3) is 0 Å². The first-order chi connectivity index (χ1) is 7.27. The smallest absolute Gasteiger partial charge is 0.287 e. The van der Waals surface area contributed by atoms with Crippen molar-refractivity contribution in [3.05, 3.63) is 23.7 Å². The molecule has 0 aliphatic heterocycles. The lowest BCUT2D eigenvalue weighted by Gasteiger charge is -1.98. The molecule has 1 aromatic rings. The Morgan fingerprint density at radius 2 is 2.33 bits per heavy atom. The van der Waals surface area contributed by atoms with Crippen LogP contribution in [0.4, 0.5) is 0 Å². The van der Waals surface area contributed by atoms with Gasteiger partial charge in [-0.2, -0.15) is 0 Å². The third kappa shape index (κ3) is 3.51. The van der Waals surface area contributed by atoms with E-state index < -0.39 is 0 Å². The lowest BCUT2D eigenvalue weighted by Crippen LogP contribution is -2.23. The van der Waals surface area contributed by atoms with E-state index in [1.807, 2.05) is 13.0 Å². The van der Waals surface area contributed by atoms with Crippen molar-refractivity contribution < 1.29 is 9.21 Å². The lowest BCUT2D eigenvalue weighted by molar-refractivity contribution is 0.0925. The van der Waals surface area contributed by atoms with Crippen LogP contribution in [0.1, 0.15) is 36.6 Å². The van der Waals surface area contributed by atoms with Gasteiger partial charge in [0.05, 0.1) is 0 Å². The predicted octanol–water partition coefficient (Wildman–Crippen LogP) is 1.99. The van der Waals surface area contributed by atoms with Gasteiger partial charge in [-0.25, -0.2) is 0 Å². The van der Waals surface area contributed by atoms with Gasteiger partial charge in [0.25, 0.3) is 5.91 Å². The Balaban J connectivity index is 2.42. The fourth-order valence-electron chi connectivity index (χ4n) is 1.14. The molecule has 0 aromatic carbocycles. The van der Waals surface area contributed by atoms with Crippen molar-refractivity contribution in [2.24, 2.45) is 0 Å². The molecule has 0 spiro atoms. The van der Waals surface area contributed by atoms with Crippen molar-refractivity contribution in [2.75, 3.05) is 6.54 Å². The van der Waals surface area contributed by atoms with Crippen LogP contribution >= 0.6 is 0 Å². The maximum Gasteiger partial charge on any atom is 0.287 e. The number of hydrogen-bond donors (Lipinski definition) is 1. The molecule has 1 N–H and O–H groups in total. The van der Waals surface area contributed by atoms with Gasteiger partial charge in [0, 0.05) is 19.4 Å². The summed E-state index contributed by atoms with van der Waals surface area (Å²) in [4.78, 5) is 11.5. The highest BCUT2D eigenvalue weighted by Crippen LogP contribution is 2.07. The monoisotopic (exact) mass is 205 g/mol. The Labute approximate surface area is 89.9 Å². The van der Waals surface area contributed by atoms with Crippen molar-refractivity contribution in [1.82, 2.24) is 5.32 Å². The first-order valence-corrected chi connectivity index (χ1v) is 5.04. The number of amides is 1. The van der Waals surface area contributed by atoms with E-state index in [4.69, 9.17) is 4.42 Å². The Kier molecular flexibility index (Phi) is 4.49. The molecule has 0 aliphatic carbocycles. The van der Waals surface area contributed by atoms with E-state index in [2.05, 4.69) is 17.2 Å². The minimum absolute atomic E-state index is 0.174. The number of nitrogens with one attached hydrogen (secondary N) is 1. The van der Waals surface area contributed by atoms with Crippen LogP contribution in [0.15, 0.2) is 16.5 Å². The standard InChI is InChI=1S/C12H15NO2/c1-3-5-6-9-13-12(14)11-8-7-10(4-2)15-11/h7-8H,4,6,9H2,1-2H3,(H,13,14). The number of carbonyl (C=O) groups is 1. The summed E-state index contributed by atoms with van der Waals surface area (Å²) >= 11 is 0. The van der Waals surface area contributed by atoms with E-state index in [9.17, 15) is 4.79 Å². The van der Waals surface area contributed by atoms with Gasteiger partial charge in [0.1, 0.15) is 5.76 Å². The molecule has 1 aromatic heterocycles. The molecule has 0 saturated heterocycles. The van der Waals surface area contributed by atoms with Crippen LogP contribution in [-0.2, 0) is 6.42 Å². The molecule has 0 radical (unpaired) electrons. The predicted molar refractivity (Wildman–Crippen MR) is 58.5 cm³/mol. The maximum absolute atomic E-state index is 11.5. The van der Waals surface area contributed by atoms with Crippen molar-refractivity contribution >= 4 is 5.91 Å². The topological polar surface area (TPSA) is 42.2 Å². The van der Waals surface area contributed by atoms with Crippen molar-refractivity contribution in [3.63, 3.8) is 0 Å². The van der Waals surface area contributed by atoms with Gasteiger partial charge in [0.2, 0.25) is 0 Å². The average Bonchev–Trinajstić information content (AvgIpc) is 2.72. The Bertz CT molecular complexity index is 382. The third-order valence-corrected chi connectivity index (χ3v) is 1.95. The fourth-order valence-corrected chi connectivity index (χ4v) is 1.14. The molecule has 1 rings (SSSR count). The molecular formula is C12H15NO2. The Morgan fingerprint density at radius 3 is 2.93 bits per heavy atom. The maximum atomic E-state index is 11.5. The quantitative estimate of drug-likeness (QED) is 0.603. The summed E-state index contributed by atoms with van der Waals surface area (Å²) in [5, 5.41) is 2.74. The van der Waals surface area contributed by atoms with Crippen LogP contribution in [0, 0.1) is 11.8 Å². The zero-order valence-electron chi connectivity index (χ0n) is 9.09. The van der Waals surface area contributed by atoms with Gasteiger partial charge in [-0.05, 0) is 19.1 Å². The van der Waals surface area contributed by atoms with E-state index in [-0.39, 0.29) is 5.91 Å². The summed E-state index contributed by atoms with van der Waals surface area (Å²) in [5.41, 5.74) is 0. The molecule has 0 aliphatic rings. The number of rotatable bonds is 4. The highest BCUT2D eigenvalue weighted by atomic mass is 16.3. The molecule has 80 valence electrons. The summed E-state index contributed by atoms with van der Waals surface area (Å²) in [6, 6.07) is 3.51. The molecule has 1 heterocycles. The van der Waals surface area contributed by atoms with E-state index in [1.54, 1.807) is 13.0 Å². The van der Waals surface area contributed by atoms with E-state index in [0.29, 0.717) is 18.7 Å². The van der Waals surface area contributed by atoms with Crippen LogP contribution < -0.4 is 5.32 Å². The van der Waals surface area contributed by atoms with E-state index >= 15 is 0 Å². The van der Waals surface area contributed by atoms with Gasteiger partial charge in [-0.1, -0.05) is 6.92 Å².